The molecule has 0 saturated carbocycles. The van der Waals surface area contributed by atoms with Crippen LogP contribution in [0, 0.1) is 0 Å². The molecule has 0 fully saturated rings. The van der Waals surface area contributed by atoms with Gasteiger partial charge in [0.25, 0.3) is 0 Å². The molecule has 0 aliphatic rings. The molecule has 1 aromatic rings. The molecule has 0 radical (unpaired) electrons. The summed E-state index contributed by atoms with van der Waals surface area (Å²) in [5, 5.41) is 3.12. The molecule has 0 spiro atoms. The summed E-state index contributed by atoms with van der Waals surface area (Å²) in [5.74, 6) is 1.19. The van der Waals surface area contributed by atoms with E-state index in [2.05, 4.69) is 52.9 Å². The Labute approximate surface area is 122 Å². The number of hydrogen-bond donors (Lipinski definition) is 1. The molecule has 0 aliphatic carbocycles. The van der Waals surface area contributed by atoms with E-state index in [1.807, 2.05) is 14.0 Å². The lowest BCUT2D eigenvalue weighted by Crippen LogP contribution is -2.41. The summed E-state index contributed by atoms with van der Waals surface area (Å²) in [6, 6.07) is 0.381. The van der Waals surface area contributed by atoms with Gasteiger partial charge in [0.2, 0.25) is 11.9 Å². The van der Waals surface area contributed by atoms with Crippen LogP contribution in [0.5, 0.6) is 6.01 Å². The van der Waals surface area contributed by atoms with Gasteiger partial charge in [0.1, 0.15) is 0 Å². The van der Waals surface area contributed by atoms with Crippen LogP contribution in [0.25, 0.3) is 0 Å². The van der Waals surface area contributed by atoms with Gasteiger partial charge in [0.15, 0.2) is 0 Å². The third-order valence-electron chi connectivity index (χ3n) is 3.45. The number of nitrogens with zero attached hydrogens (tertiary/aromatic N) is 4. The standard InChI is InChI=1S/C14H27N5O/c1-7-10-20-13-17-11(15-9-3)16-12(18-13)19(6)14(4,5)8-2/h7-10H2,1-6H3,(H,15,16,17,18). The average molecular weight is 281 g/mol. The minimum atomic E-state index is -0.0210. The predicted molar refractivity (Wildman–Crippen MR) is 82.5 cm³/mol. The van der Waals surface area contributed by atoms with Gasteiger partial charge in [-0.25, -0.2) is 0 Å². The fourth-order valence-corrected chi connectivity index (χ4v) is 1.50. The van der Waals surface area contributed by atoms with Crippen LogP contribution in [0.2, 0.25) is 0 Å². The molecule has 0 saturated heterocycles. The lowest BCUT2D eigenvalue weighted by Gasteiger charge is -2.34. The first-order chi connectivity index (χ1) is 9.44. The Bertz CT molecular complexity index is 422. The van der Waals surface area contributed by atoms with E-state index in [4.69, 9.17) is 4.74 Å². The van der Waals surface area contributed by atoms with Crippen LogP contribution in [-0.2, 0) is 0 Å². The number of rotatable bonds is 8. The molecule has 1 heterocycles. The van der Waals surface area contributed by atoms with Crippen molar-refractivity contribution in [1.29, 1.82) is 0 Å². The molecule has 6 heteroatoms. The fourth-order valence-electron chi connectivity index (χ4n) is 1.50. The second-order valence-electron chi connectivity index (χ2n) is 5.35. The second-order valence-corrected chi connectivity index (χ2v) is 5.35. The van der Waals surface area contributed by atoms with E-state index in [9.17, 15) is 0 Å². The highest BCUT2D eigenvalue weighted by atomic mass is 16.5. The normalized spacial score (nSPS) is 11.3. The first-order valence-electron chi connectivity index (χ1n) is 7.31. The maximum absolute atomic E-state index is 5.55. The SMILES string of the molecule is CCCOc1nc(NCC)nc(N(C)C(C)(C)CC)n1. The number of anilines is 2. The van der Waals surface area contributed by atoms with Crippen molar-refractivity contribution in [2.75, 3.05) is 30.4 Å². The lowest BCUT2D eigenvalue weighted by molar-refractivity contribution is 0.291. The van der Waals surface area contributed by atoms with Gasteiger partial charge >= 0.3 is 6.01 Å². The van der Waals surface area contributed by atoms with Crippen molar-refractivity contribution < 1.29 is 4.74 Å². The summed E-state index contributed by atoms with van der Waals surface area (Å²) < 4.78 is 5.55. The highest BCUT2D eigenvalue weighted by Gasteiger charge is 2.24. The largest absolute Gasteiger partial charge is 0.463 e. The molecule has 0 amide bonds. The van der Waals surface area contributed by atoms with Gasteiger partial charge in [-0.2, -0.15) is 15.0 Å². The smallest absolute Gasteiger partial charge is 0.323 e. The summed E-state index contributed by atoms with van der Waals surface area (Å²) in [7, 11) is 2.00. The van der Waals surface area contributed by atoms with Crippen LogP contribution in [0.4, 0.5) is 11.9 Å². The maximum Gasteiger partial charge on any atom is 0.323 e. The van der Waals surface area contributed by atoms with Gasteiger partial charge in [0.05, 0.1) is 6.61 Å². The zero-order valence-electron chi connectivity index (χ0n) is 13.5. The van der Waals surface area contributed by atoms with Gasteiger partial charge < -0.3 is 15.0 Å². The average Bonchev–Trinajstić information content (AvgIpc) is 2.44. The predicted octanol–water partition coefficient (Wildman–Crippen LogP) is 2.72. The Hall–Kier alpha value is -1.59. The Balaban J connectivity index is 3.07. The van der Waals surface area contributed by atoms with Crippen LogP contribution in [0.15, 0.2) is 0 Å². The van der Waals surface area contributed by atoms with E-state index in [0.717, 1.165) is 19.4 Å². The molecule has 0 atom stereocenters. The van der Waals surface area contributed by atoms with Crippen molar-refractivity contribution in [2.24, 2.45) is 0 Å². The molecule has 0 aliphatic heterocycles. The molecule has 0 unspecified atom stereocenters. The number of ether oxygens (including phenoxy) is 1. The Kier molecular flexibility index (Phi) is 5.98. The molecule has 6 nitrogen and oxygen atoms in total. The molecule has 0 aromatic carbocycles. The van der Waals surface area contributed by atoms with Crippen LogP contribution in [0.3, 0.4) is 0 Å². The van der Waals surface area contributed by atoms with Crippen molar-refractivity contribution in [3.8, 4) is 6.01 Å². The van der Waals surface area contributed by atoms with E-state index < -0.39 is 0 Å². The molecule has 20 heavy (non-hydrogen) atoms. The number of aromatic nitrogens is 3. The van der Waals surface area contributed by atoms with Crippen molar-refractivity contribution in [3.63, 3.8) is 0 Å². The minimum absolute atomic E-state index is 0.0210. The molecule has 1 aromatic heterocycles. The van der Waals surface area contributed by atoms with Crippen LogP contribution in [-0.4, -0.2) is 40.7 Å². The lowest BCUT2D eigenvalue weighted by atomic mass is 10.0. The quantitative estimate of drug-likeness (QED) is 0.790. The third kappa shape index (κ3) is 4.21. The molecule has 114 valence electrons. The summed E-state index contributed by atoms with van der Waals surface area (Å²) in [5.41, 5.74) is -0.0210. The molecule has 0 bridgehead atoms. The summed E-state index contributed by atoms with van der Waals surface area (Å²) in [6.45, 7) is 11.9. The number of hydrogen-bond acceptors (Lipinski definition) is 6. The van der Waals surface area contributed by atoms with Crippen LogP contribution >= 0.6 is 0 Å². The van der Waals surface area contributed by atoms with Crippen molar-refractivity contribution in [1.82, 2.24) is 15.0 Å². The molecule has 1 rings (SSSR count). The van der Waals surface area contributed by atoms with Crippen molar-refractivity contribution in [2.45, 2.75) is 53.0 Å². The first-order valence-corrected chi connectivity index (χ1v) is 7.31. The van der Waals surface area contributed by atoms with E-state index in [-0.39, 0.29) is 5.54 Å². The second kappa shape index (κ2) is 7.26. The minimum Gasteiger partial charge on any atom is -0.463 e. The first kappa shape index (κ1) is 16.5. The maximum atomic E-state index is 5.55. The van der Waals surface area contributed by atoms with Crippen LogP contribution < -0.4 is 15.0 Å². The van der Waals surface area contributed by atoms with Gasteiger partial charge in [0, 0.05) is 19.1 Å². The van der Waals surface area contributed by atoms with Crippen molar-refractivity contribution >= 4 is 11.9 Å². The van der Waals surface area contributed by atoms with Crippen molar-refractivity contribution in [3.05, 3.63) is 0 Å². The van der Waals surface area contributed by atoms with Gasteiger partial charge in [-0.15, -0.1) is 0 Å². The van der Waals surface area contributed by atoms with E-state index in [1.54, 1.807) is 0 Å². The summed E-state index contributed by atoms with van der Waals surface area (Å²) in [6.07, 6.45) is 1.92. The van der Waals surface area contributed by atoms with E-state index in [0.29, 0.717) is 24.5 Å². The fraction of sp³-hybridized carbons (Fsp3) is 0.786. The Morgan fingerprint density at radius 3 is 2.40 bits per heavy atom. The summed E-state index contributed by atoms with van der Waals surface area (Å²) in [4.78, 5) is 15.2. The van der Waals surface area contributed by atoms with E-state index in [1.165, 1.54) is 0 Å². The number of nitrogens with one attached hydrogen (secondary N) is 1. The van der Waals surface area contributed by atoms with Gasteiger partial charge in [-0.05, 0) is 33.6 Å². The zero-order valence-corrected chi connectivity index (χ0v) is 13.5. The van der Waals surface area contributed by atoms with Gasteiger partial charge in [-0.3, -0.25) is 0 Å². The third-order valence-corrected chi connectivity index (χ3v) is 3.45. The summed E-state index contributed by atoms with van der Waals surface area (Å²) >= 11 is 0. The van der Waals surface area contributed by atoms with Crippen LogP contribution in [0.1, 0.15) is 47.5 Å². The highest BCUT2D eigenvalue weighted by molar-refractivity contribution is 5.39. The Morgan fingerprint density at radius 2 is 1.85 bits per heavy atom. The molecular weight excluding hydrogens is 254 g/mol. The highest BCUT2D eigenvalue weighted by Crippen LogP contribution is 2.23. The molecule has 1 N–H and O–H groups in total. The van der Waals surface area contributed by atoms with Gasteiger partial charge in [-0.1, -0.05) is 13.8 Å². The molecular formula is C14H27N5O. The van der Waals surface area contributed by atoms with E-state index >= 15 is 0 Å². The Morgan fingerprint density at radius 1 is 1.15 bits per heavy atom. The zero-order chi connectivity index (χ0) is 15.2. The monoisotopic (exact) mass is 281 g/mol. The topological polar surface area (TPSA) is 63.2 Å².